The Kier molecular flexibility index (Phi) is 3.20. The van der Waals surface area contributed by atoms with Crippen LogP contribution < -0.4 is 10.2 Å². The van der Waals surface area contributed by atoms with Gasteiger partial charge in [0.1, 0.15) is 18.0 Å². The van der Waals surface area contributed by atoms with Crippen LogP contribution in [0.3, 0.4) is 0 Å². The number of carboxylic acid groups (broad SMARTS) is 1. The van der Waals surface area contributed by atoms with Crippen LogP contribution in [0.2, 0.25) is 0 Å². The number of rotatable bonds is 4. The number of anilines is 3. The first-order valence-corrected chi connectivity index (χ1v) is 6.40. The summed E-state index contributed by atoms with van der Waals surface area (Å²) in [5, 5.41) is 12.0. The van der Waals surface area contributed by atoms with E-state index >= 15 is 0 Å². The zero-order chi connectivity index (χ0) is 13.9. The van der Waals surface area contributed by atoms with Gasteiger partial charge in [0, 0.05) is 24.8 Å². The van der Waals surface area contributed by atoms with Gasteiger partial charge in [0.25, 0.3) is 0 Å². The van der Waals surface area contributed by atoms with E-state index in [1.807, 2.05) is 6.07 Å². The Balaban J connectivity index is 1.75. The predicted octanol–water partition coefficient (Wildman–Crippen LogP) is 2.13. The quantitative estimate of drug-likeness (QED) is 0.886. The van der Waals surface area contributed by atoms with Gasteiger partial charge < -0.3 is 15.3 Å². The molecule has 0 atom stereocenters. The minimum absolute atomic E-state index is 0.263. The molecule has 1 aromatic heterocycles. The molecule has 0 unspecified atom stereocenters. The second-order valence-electron chi connectivity index (χ2n) is 4.61. The van der Waals surface area contributed by atoms with Crippen molar-refractivity contribution in [2.75, 3.05) is 23.3 Å². The third-order valence-electron chi connectivity index (χ3n) is 3.24. The van der Waals surface area contributed by atoms with Gasteiger partial charge in [-0.1, -0.05) is 0 Å². The highest BCUT2D eigenvalue weighted by atomic mass is 16.4. The lowest BCUT2D eigenvalue weighted by molar-refractivity contribution is 0.0697. The van der Waals surface area contributed by atoms with Crippen LogP contribution in [0.4, 0.5) is 17.3 Å². The third kappa shape index (κ3) is 2.54. The van der Waals surface area contributed by atoms with E-state index in [0.29, 0.717) is 5.82 Å². The highest BCUT2D eigenvalue weighted by molar-refractivity contribution is 5.88. The molecule has 6 nitrogen and oxygen atoms in total. The summed E-state index contributed by atoms with van der Waals surface area (Å²) in [6.45, 7) is 2.06. The Morgan fingerprint density at radius 1 is 1.20 bits per heavy atom. The molecule has 0 aliphatic carbocycles. The SMILES string of the molecule is O=C(O)c1ccc(Nc2cc(N3CCC3)ncn2)cc1. The molecule has 0 bridgehead atoms. The van der Waals surface area contributed by atoms with Crippen LogP contribution in [0.1, 0.15) is 16.8 Å². The molecule has 0 radical (unpaired) electrons. The molecular weight excluding hydrogens is 256 g/mol. The molecule has 0 saturated carbocycles. The van der Waals surface area contributed by atoms with Crippen molar-refractivity contribution in [3.8, 4) is 0 Å². The molecule has 1 saturated heterocycles. The number of aromatic nitrogens is 2. The van der Waals surface area contributed by atoms with Crippen molar-refractivity contribution in [3.05, 3.63) is 42.2 Å². The maximum absolute atomic E-state index is 10.8. The van der Waals surface area contributed by atoms with Gasteiger partial charge in [-0.15, -0.1) is 0 Å². The normalized spacial score (nSPS) is 13.7. The van der Waals surface area contributed by atoms with Crippen molar-refractivity contribution in [3.63, 3.8) is 0 Å². The average Bonchev–Trinajstić information content (AvgIpc) is 2.38. The fraction of sp³-hybridized carbons (Fsp3) is 0.214. The standard InChI is InChI=1S/C14H14N4O2/c19-14(20)10-2-4-11(5-3-10)17-12-8-13(16-9-15-12)18-6-1-7-18/h2-5,8-9H,1,6-7H2,(H,19,20)(H,15,16,17). The smallest absolute Gasteiger partial charge is 0.335 e. The summed E-state index contributed by atoms with van der Waals surface area (Å²) in [6, 6.07) is 8.44. The highest BCUT2D eigenvalue weighted by Crippen LogP contribution is 2.21. The maximum atomic E-state index is 10.8. The summed E-state index contributed by atoms with van der Waals surface area (Å²) < 4.78 is 0. The predicted molar refractivity (Wildman–Crippen MR) is 75.5 cm³/mol. The first-order valence-electron chi connectivity index (χ1n) is 6.40. The van der Waals surface area contributed by atoms with Gasteiger partial charge in [0.05, 0.1) is 5.56 Å². The van der Waals surface area contributed by atoms with Crippen molar-refractivity contribution in [2.45, 2.75) is 6.42 Å². The third-order valence-corrected chi connectivity index (χ3v) is 3.24. The first-order chi connectivity index (χ1) is 9.72. The Labute approximate surface area is 116 Å². The molecule has 2 N–H and O–H groups in total. The molecule has 0 amide bonds. The van der Waals surface area contributed by atoms with Crippen molar-refractivity contribution in [1.82, 2.24) is 9.97 Å². The fourth-order valence-corrected chi connectivity index (χ4v) is 1.98. The summed E-state index contributed by atoms with van der Waals surface area (Å²) >= 11 is 0. The summed E-state index contributed by atoms with van der Waals surface area (Å²) in [7, 11) is 0. The summed E-state index contributed by atoms with van der Waals surface area (Å²) in [4.78, 5) is 21.4. The van der Waals surface area contributed by atoms with Crippen molar-refractivity contribution in [1.29, 1.82) is 0 Å². The van der Waals surface area contributed by atoms with Crippen LogP contribution in [0.15, 0.2) is 36.7 Å². The molecule has 2 heterocycles. The number of hydrogen-bond acceptors (Lipinski definition) is 5. The van der Waals surface area contributed by atoms with E-state index in [-0.39, 0.29) is 5.56 Å². The van der Waals surface area contributed by atoms with Gasteiger partial charge in [0.2, 0.25) is 0 Å². The van der Waals surface area contributed by atoms with E-state index in [1.165, 1.54) is 12.7 Å². The minimum atomic E-state index is -0.932. The van der Waals surface area contributed by atoms with Gasteiger partial charge in [-0.25, -0.2) is 14.8 Å². The van der Waals surface area contributed by atoms with E-state index in [4.69, 9.17) is 5.11 Å². The number of aromatic carboxylic acids is 1. The average molecular weight is 270 g/mol. The van der Waals surface area contributed by atoms with E-state index in [0.717, 1.165) is 24.6 Å². The van der Waals surface area contributed by atoms with Crippen LogP contribution in [0.5, 0.6) is 0 Å². The Morgan fingerprint density at radius 2 is 1.95 bits per heavy atom. The highest BCUT2D eigenvalue weighted by Gasteiger charge is 2.16. The Morgan fingerprint density at radius 3 is 2.55 bits per heavy atom. The van der Waals surface area contributed by atoms with Crippen LogP contribution in [-0.2, 0) is 0 Å². The zero-order valence-electron chi connectivity index (χ0n) is 10.8. The molecule has 1 aliphatic rings. The van der Waals surface area contributed by atoms with Crippen molar-refractivity contribution < 1.29 is 9.90 Å². The van der Waals surface area contributed by atoms with Crippen molar-refractivity contribution >= 4 is 23.3 Å². The number of benzene rings is 1. The van der Waals surface area contributed by atoms with Crippen LogP contribution in [0.25, 0.3) is 0 Å². The fourth-order valence-electron chi connectivity index (χ4n) is 1.98. The number of nitrogens with zero attached hydrogens (tertiary/aromatic N) is 3. The molecular formula is C14H14N4O2. The van der Waals surface area contributed by atoms with E-state index in [9.17, 15) is 4.79 Å². The number of carbonyl (C=O) groups is 1. The number of carboxylic acids is 1. The minimum Gasteiger partial charge on any atom is -0.478 e. The number of nitrogens with one attached hydrogen (secondary N) is 1. The molecule has 6 heteroatoms. The maximum Gasteiger partial charge on any atom is 0.335 e. The largest absolute Gasteiger partial charge is 0.478 e. The molecule has 1 fully saturated rings. The molecule has 3 rings (SSSR count). The van der Waals surface area contributed by atoms with Crippen molar-refractivity contribution in [2.24, 2.45) is 0 Å². The zero-order valence-corrected chi connectivity index (χ0v) is 10.8. The van der Waals surface area contributed by atoms with Gasteiger partial charge in [0.15, 0.2) is 0 Å². The van der Waals surface area contributed by atoms with Crippen LogP contribution >= 0.6 is 0 Å². The lowest BCUT2D eigenvalue weighted by atomic mass is 10.2. The summed E-state index contributed by atoms with van der Waals surface area (Å²) in [5.41, 5.74) is 1.06. The summed E-state index contributed by atoms with van der Waals surface area (Å²) in [5.74, 6) is 0.680. The Bertz CT molecular complexity index is 623. The first kappa shape index (κ1) is 12.4. The lowest BCUT2D eigenvalue weighted by Crippen LogP contribution is -2.37. The summed E-state index contributed by atoms with van der Waals surface area (Å²) in [6.07, 6.45) is 2.73. The topological polar surface area (TPSA) is 78.4 Å². The second-order valence-corrected chi connectivity index (χ2v) is 4.61. The second kappa shape index (κ2) is 5.16. The van der Waals surface area contributed by atoms with Gasteiger partial charge in [-0.3, -0.25) is 0 Å². The molecule has 1 aromatic carbocycles. The molecule has 2 aromatic rings. The van der Waals surface area contributed by atoms with E-state index in [1.54, 1.807) is 24.3 Å². The molecule has 0 spiro atoms. The van der Waals surface area contributed by atoms with Crippen LogP contribution in [-0.4, -0.2) is 34.1 Å². The van der Waals surface area contributed by atoms with Crippen LogP contribution in [0, 0.1) is 0 Å². The monoisotopic (exact) mass is 270 g/mol. The van der Waals surface area contributed by atoms with E-state index in [2.05, 4.69) is 20.2 Å². The van der Waals surface area contributed by atoms with Gasteiger partial charge in [-0.05, 0) is 30.7 Å². The van der Waals surface area contributed by atoms with E-state index < -0.39 is 5.97 Å². The molecule has 102 valence electrons. The lowest BCUT2D eigenvalue weighted by Gasteiger charge is -2.31. The molecule has 1 aliphatic heterocycles. The Hall–Kier alpha value is -2.63. The number of hydrogen-bond donors (Lipinski definition) is 2. The van der Waals surface area contributed by atoms with Gasteiger partial charge >= 0.3 is 5.97 Å². The molecule has 20 heavy (non-hydrogen) atoms. The van der Waals surface area contributed by atoms with Gasteiger partial charge in [-0.2, -0.15) is 0 Å².